The molecule has 1 saturated heterocycles. The van der Waals surface area contributed by atoms with Crippen molar-refractivity contribution in [3.05, 3.63) is 108 Å². The zero-order valence-electron chi connectivity index (χ0n) is 19.5. The molecule has 0 radical (unpaired) electrons. The molecular weight excluding hydrogens is 428 g/mol. The van der Waals surface area contributed by atoms with Gasteiger partial charge in [0.25, 0.3) is 0 Å². The monoisotopic (exact) mass is 460 g/mol. The fraction of sp³-hybridized carbons (Fsp3) is 0.345. The van der Waals surface area contributed by atoms with E-state index < -0.39 is 18.3 Å². The fourth-order valence-electron chi connectivity index (χ4n) is 4.30. The highest BCUT2D eigenvalue weighted by molar-refractivity contribution is 5.50. The van der Waals surface area contributed by atoms with Crippen LogP contribution in [-0.4, -0.2) is 36.8 Å². The van der Waals surface area contributed by atoms with Crippen molar-refractivity contribution in [2.24, 2.45) is 0 Å². The minimum atomic E-state index is -0.453. The number of hydrogen-bond donors (Lipinski definition) is 0. The van der Waals surface area contributed by atoms with Crippen LogP contribution in [0.25, 0.3) is 0 Å². The minimum absolute atomic E-state index is 0.237. The van der Waals surface area contributed by atoms with Gasteiger partial charge in [0.15, 0.2) is 0 Å². The molecule has 1 aliphatic heterocycles. The zero-order chi connectivity index (χ0) is 23.6. The molecule has 178 valence electrons. The lowest BCUT2D eigenvalue weighted by molar-refractivity contribution is -0.260. The molecular formula is C29H32O5. The molecule has 1 fully saturated rings. The summed E-state index contributed by atoms with van der Waals surface area (Å²) >= 11 is 0. The quantitative estimate of drug-likeness (QED) is 0.372. The Labute approximate surface area is 201 Å². The second-order valence-electron chi connectivity index (χ2n) is 8.57. The first-order valence-corrected chi connectivity index (χ1v) is 11.8. The topological polar surface area (TPSA) is 54.0 Å². The summed E-state index contributed by atoms with van der Waals surface area (Å²) in [6, 6.07) is 30.1. The van der Waals surface area contributed by atoms with E-state index in [9.17, 15) is 4.79 Å². The molecule has 0 amide bonds. The molecule has 5 nitrogen and oxygen atoms in total. The average molecular weight is 461 g/mol. The summed E-state index contributed by atoms with van der Waals surface area (Å²) in [5.74, 6) is 0. The Morgan fingerprint density at radius 2 is 1.06 bits per heavy atom. The smallest absolute Gasteiger partial charge is 0.122 e. The molecule has 0 bridgehead atoms. The van der Waals surface area contributed by atoms with Crippen LogP contribution in [0.15, 0.2) is 91.0 Å². The molecule has 1 heterocycles. The van der Waals surface area contributed by atoms with Crippen LogP contribution in [0.2, 0.25) is 0 Å². The summed E-state index contributed by atoms with van der Waals surface area (Å²) in [5, 5.41) is 0. The van der Waals surface area contributed by atoms with Gasteiger partial charge < -0.3 is 23.7 Å². The van der Waals surface area contributed by atoms with Crippen molar-refractivity contribution in [3.63, 3.8) is 0 Å². The zero-order valence-corrected chi connectivity index (χ0v) is 19.5. The normalized spacial score (nSPS) is 24.6. The third-order valence-electron chi connectivity index (χ3n) is 6.05. The van der Waals surface area contributed by atoms with Crippen molar-refractivity contribution in [2.45, 2.75) is 63.7 Å². The Balaban J connectivity index is 1.55. The third-order valence-corrected chi connectivity index (χ3v) is 6.05. The summed E-state index contributed by atoms with van der Waals surface area (Å²) in [5.41, 5.74) is 3.19. The number of carbonyl (C=O) groups excluding carboxylic acids is 1. The van der Waals surface area contributed by atoms with Gasteiger partial charge in [0.1, 0.15) is 24.6 Å². The standard InChI is InChI=1S/C29H32O5/c1-22-27(31-19-23-11-5-2-6-12-23)29(33-21-25-15-9-4-10-16-25)28(26(34-22)17-18-30)32-20-24-13-7-3-8-14-24/h2-16,18,22,26-29H,17,19-21H2,1H3. The number of aldehydes is 1. The Bertz CT molecular complexity index is 979. The summed E-state index contributed by atoms with van der Waals surface area (Å²) in [7, 11) is 0. The summed E-state index contributed by atoms with van der Waals surface area (Å²) in [6.45, 7) is 3.23. The lowest BCUT2D eigenvalue weighted by Gasteiger charge is -2.45. The molecule has 5 heteroatoms. The maximum atomic E-state index is 11.5. The predicted molar refractivity (Wildman–Crippen MR) is 130 cm³/mol. The summed E-state index contributed by atoms with van der Waals surface area (Å²) < 4.78 is 25.5. The molecule has 0 spiro atoms. The number of carbonyl (C=O) groups is 1. The first-order chi connectivity index (χ1) is 16.7. The van der Waals surface area contributed by atoms with E-state index in [0.29, 0.717) is 19.8 Å². The predicted octanol–water partition coefficient (Wildman–Crippen LogP) is 5.12. The van der Waals surface area contributed by atoms with Crippen LogP contribution in [0, 0.1) is 0 Å². The van der Waals surface area contributed by atoms with Gasteiger partial charge in [-0.2, -0.15) is 0 Å². The Morgan fingerprint density at radius 1 is 0.647 bits per heavy atom. The number of rotatable bonds is 11. The molecule has 0 aliphatic carbocycles. The van der Waals surface area contributed by atoms with Crippen LogP contribution in [0.4, 0.5) is 0 Å². The number of benzene rings is 3. The molecule has 0 aromatic heterocycles. The maximum absolute atomic E-state index is 11.5. The molecule has 5 unspecified atom stereocenters. The first-order valence-electron chi connectivity index (χ1n) is 11.8. The Hall–Kier alpha value is -2.83. The van der Waals surface area contributed by atoms with E-state index in [-0.39, 0.29) is 18.6 Å². The van der Waals surface area contributed by atoms with Crippen molar-refractivity contribution >= 4 is 6.29 Å². The third kappa shape index (κ3) is 6.61. The highest BCUT2D eigenvalue weighted by Crippen LogP contribution is 2.31. The van der Waals surface area contributed by atoms with E-state index in [2.05, 4.69) is 0 Å². The maximum Gasteiger partial charge on any atom is 0.122 e. The molecule has 3 aromatic rings. The van der Waals surface area contributed by atoms with Crippen LogP contribution in [0.5, 0.6) is 0 Å². The second kappa shape index (κ2) is 12.6. The van der Waals surface area contributed by atoms with Gasteiger partial charge in [0, 0.05) is 6.42 Å². The highest BCUT2D eigenvalue weighted by atomic mass is 16.6. The first kappa shape index (κ1) is 24.3. The van der Waals surface area contributed by atoms with Crippen molar-refractivity contribution in [2.75, 3.05) is 0 Å². The molecule has 1 aliphatic rings. The van der Waals surface area contributed by atoms with Crippen molar-refractivity contribution in [1.82, 2.24) is 0 Å². The number of hydrogen-bond acceptors (Lipinski definition) is 5. The van der Waals surface area contributed by atoms with Gasteiger partial charge >= 0.3 is 0 Å². The van der Waals surface area contributed by atoms with Crippen molar-refractivity contribution in [3.8, 4) is 0 Å². The van der Waals surface area contributed by atoms with Gasteiger partial charge in [-0.1, -0.05) is 91.0 Å². The van der Waals surface area contributed by atoms with Gasteiger partial charge in [-0.3, -0.25) is 0 Å². The van der Waals surface area contributed by atoms with E-state index in [0.717, 1.165) is 23.0 Å². The summed E-state index contributed by atoms with van der Waals surface area (Å²) in [6.07, 6.45) is -0.754. The highest BCUT2D eigenvalue weighted by Gasteiger charge is 2.46. The van der Waals surface area contributed by atoms with Gasteiger partial charge in [-0.15, -0.1) is 0 Å². The van der Waals surface area contributed by atoms with Crippen LogP contribution in [-0.2, 0) is 43.6 Å². The molecule has 3 aromatic carbocycles. The van der Waals surface area contributed by atoms with Gasteiger partial charge in [-0.25, -0.2) is 0 Å². The summed E-state index contributed by atoms with van der Waals surface area (Å²) in [4.78, 5) is 11.5. The Kier molecular flexibility index (Phi) is 8.99. The van der Waals surface area contributed by atoms with E-state index in [4.69, 9.17) is 18.9 Å². The molecule has 34 heavy (non-hydrogen) atoms. The van der Waals surface area contributed by atoms with Crippen LogP contribution >= 0.6 is 0 Å². The van der Waals surface area contributed by atoms with E-state index in [1.807, 2.05) is 97.9 Å². The van der Waals surface area contributed by atoms with Crippen LogP contribution < -0.4 is 0 Å². The van der Waals surface area contributed by atoms with Gasteiger partial charge in [0.05, 0.1) is 32.0 Å². The lowest BCUT2D eigenvalue weighted by atomic mass is 9.93. The van der Waals surface area contributed by atoms with Crippen LogP contribution in [0.1, 0.15) is 30.0 Å². The molecule has 0 saturated carbocycles. The minimum Gasteiger partial charge on any atom is -0.369 e. The lowest BCUT2D eigenvalue weighted by Crippen LogP contribution is -2.59. The number of ether oxygens (including phenoxy) is 4. The average Bonchev–Trinajstić information content (AvgIpc) is 2.88. The van der Waals surface area contributed by atoms with Crippen LogP contribution in [0.3, 0.4) is 0 Å². The van der Waals surface area contributed by atoms with Gasteiger partial charge in [0.2, 0.25) is 0 Å². The second-order valence-corrected chi connectivity index (χ2v) is 8.57. The Morgan fingerprint density at radius 3 is 1.50 bits per heavy atom. The largest absolute Gasteiger partial charge is 0.369 e. The molecule has 5 atom stereocenters. The SMILES string of the molecule is CC1OC(CC=O)C(OCc2ccccc2)C(OCc2ccccc2)C1OCc1ccccc1. The van der Waals surface area contributed by atoms with E-state index >= 15 is 0 Å². The molecule has 0 N–H and O–H groups in total. The van der Waals surface area contributed by atoms with Crippen molar-refractivity contribution in [1.29, 1.82) is 0 Å². The fourth-order valence-corrected chi connectivity index (χ4v) is 4.30. The van der Waals surface area contributed by atoms with Crippen molar-refractivity contribution < 1.29 is 23.7 Å². The van der Waals surface area contributed by atoms with E-state index in [1.165, 1.54) is 0 Å². The van der Waals surface area contributed by atoms with Gasteiger partial charge in [-0.05, 0) is 23.6 Å². The molecule has 4 rings (SSSR count). The van der Waals surface area contributed by atoms with E-state index in [1.54, 1.807) is 0 Å².